The number of fused-ring (bicyclic) bond motifs is 1. The van der Waals surface area contributed by atoms with E-state index in [9.17, 15) is 9.59 Å². The van der Waals surface area contributed by atoms with Crippen LogP contribution in [0, 0.1) is 18.8 Å². The number of carboxylic acids is 1. The minimum Gasteiger partial charge on any atom is -0.481 e. The van der Waals surface area contributed by atoms with Crippen molar-refractivity contribution in [1.82, 2.24) is 5.32 Å². The zero-order valence-electron chi connectivity index (χ0n) is 14.0. The molecule has 2 aromatic rings. The van der Waals surface area contributed by atoms with Gasteiger partial charge in [0.2, 0.25) is 5.91 Å². The molecule has 1 amide bonds. The Morgan fingerprint density at radius 1 is 1.17 bits per heavy atom. The topological polar surface area (TPSA) is 79.5 Å². The zero-order chi connectivity index (χ0) is 17.3. The molecule has 128 valence electrons. The summed E-state index contributed by atoms with van der Waals surface area (Å²) in [6, 6.07) is 7.63. The van der Waals surface area contributed by atoms with Crippen molar-refractivity contribution in [3.63, 3.8) is 0 Å². The number of benzene rings is 1. The van der Waals surface area contributed by atoms with Crippen LogP contribution in [0.3, 0.4) is 0 Å². The SMILES string of the molecule is Cc1c([C@@H](C)NC(=O)C2CCC(C(=O)O)CC2)oc2ccccc12. The van der Waals surface area contributed by atoms with E-state index in [1.165, 1.54) is 0 Å². The fraction of sp³-hybridized carbons (Fsp3) is 0.474. The molecule has 0 saturated heterocycles. The fourth-order valence-corrected chi connectivity index (χ4v) is 3.61. The quantitative estimate of drug-likeness (QED) is 0.894. The highest BCUT2D eigenvalue weighted by molar-refractivity contribution is 5.83. The number of hydrogen-bond acceptors (Lipinski definition) is 3. The molecule has 1 saturated carbocycles. The number of carbonyl (C=O) groups excluding carboxylic acids is 1. The lowest BCUT2D eigenvalue weighted by Crippen LogP contribution is -2.35. The molecule has 0 bridgehead atoms. The number of rotatable bonds is 4. The number of furan rings is 1. The largest absolute Gasteiger partial charge is 0.481 e. The maximum atomic E-state index is 12.5. The van der Waals surface area contributed by atoms with Gasteiger partial charge in [0.1, 0.15) is 11.3 Å². The van der Waals surface area contributed by atoms with Crippen molar-refractivity contribution in [3.8, 4) is 0 Å². The summed E-state index contributed by atoms with van der Waals surface area (Å²) in [4.78, 5) is 23.5. The Kier molecular flexibility index (Phi) is 4.60. The summed E-state index contributed by atoms with van der Waals surface area (Å²) >= 11 is 0. The van der Waals surface area contributed by atoms with E-state index in [1.807, 2.05) is 38.1 Å². The van der Waals surface area contributed by atoms with Crippen LogP contribution in [-0.4, -0.2) is 17.0 Å². The van der Waals surface area contributed by atoms with Crippen LogP contribution in [0.25, 0.3) is 11.0 Å². The van der Waals surface area contributed by atoms with Gasteiger partial charge >= 0.3 is 5.97 Å². The number of amides is 1. The molecule has 0 aliphatic heterocycles. The maximum absolute atomic E-state index is 12.5. The summed E-state index contributed by atoms with van der Waals surface area (Å²) in [5.74, 6) is -0.382. The predicted molar refractivity (Wildman–Crippen MR) is 90.6 cm³/mol. The average Bonchev–Trinajstić information content (AvgIpc) is 2.92. The molecule has 1 aliphatic rings. The monoisotopic (exact) mass is 329 g/mol. The van der Waals surface area contributed by atoms with E-state index < -0.39 is 5.97 Å². The van der Waals surface area contributed by atoms with Gasteiger partial charge in [0.15, 0.2) is 0 Å². The summed E-state index contributed by atoms with van der Waals surface area (Å²) in [5.41, 5.74) is 1.88. The van der Waals surface area contributed by atoms with Crippen molar-refractivity contribution in [1.29, 1.82) is 0 Å². The molecule has 1 aromatic carbocycles. The first-order chi connectivity index (χ1) is 11.5. The molecule has 24 heavy (non-hydrogen) atoms. The lowest BCUT2D eigenvalue weighted by Gasteiger charge is -2.26. The van der Waals surface area contributed by atoms with Gasteiger partial charge in [0, 0.05) is 16.9 Å². The van der Waals surface area contributed by atoms with E-state index in [2.05, 4.69) is 5.32 Å². The van der Waals surface area contributed by atoms with E-state index >= 15 is 0 Å². The Hall–Kier alpha value is -2.30. The highest BCUT2D eigenvalue weighted by Gasteiger charge is 2.30. The first-order valence-electron chi connectivity index (χ1n) is 8.48. The second kappa shape index (κ2) is 6.67. The third-order valence-electron chi connectivity index (χ3n) is 5.08. The molecule has 0 unspecified atom stereocenters. The highest BCUT2D eigenvalue weighted by atomic mass is 16.4. The predicted octanol–water partition coefficient (Wildman–Crippen LogP) is 3.81. The molecular weight excluding hydrogens is 306 g/mol. The van der Waals surface area contributed by atoms with Gasteiger partial charge in [0.25, 0.3) is 0 Å². The lowest BCUT2D eigenvalue weighted by molar-refractivity contribution is -0.144. The van der Waals surface area contributed by atoms with Gasteiger partial charge < -0.3 is 14.8 Å². The van der Waals surface area contributed by atoms with Gasteiger partial charge in [0.05, 0.1) is 12.0 Å². The number of carbonyl (C=O) groups is 2. The Bertz CT molecular complexity index is 756. The smallest absolute Gasteiger partial charge is 0.306 e. The number of carboxylic acid groups (broad SMARTS) is 1. The molecule has 1 aromatic heterocycles. The maximum Gasteiger partial charge on any atom is 0.306 e. The van der Waals surface area contributed by atoms with Crippen molar-refractivity contribution in [2.45, 2.75) is 45.6 Å². The molecule has 5 heteroatoms. The summed E-state index contributed by atoms with van der Waals surface area (Å²) < 4.78 is 5.90. The van der Waals surface area contributed by atoms with E-state index in [0.29, 0.717) is 25.7 Å². The molecule has 2 N–H and O–H groups in total. The molecule has 3 rings (SSSR count). The second-order valence-electron chi connectivity index (χ2n) is 6.70. The number of para-hydroxylation sites is 1. The van der Waals surface area contributed by atoms with Crippen LogP contribution in [0.5, 0.6) is 0 Å². The summed E-state index contributed by atoms with van der Waals surface area (Å²) in [7, 11) is 0. The lowest BCUT2D eigenvalue weighted by atomic mass is 9.81. The molecule has 1 atom stereocenters. The van der Waals surface area contributed by atoms with E-state index in [0.717, 1.165) is 22.3 Å². The highest BCUT2D eigenvalue weighted by Crippen LogP contribution is 2.32. The molecule has 1 aliphatic carbocycles. The van der Waals surface area contributed by atoms with Crippen LogP contribution in [-0.2, 0) is 9.59 Å². The van der Waals surface area contributed by atoms with Crippen LogP contribution < -0.4 is 5.32 Å². The minimum absolute atomic E-state index is 0.00815. The van der Waals surface area contributed by atoms with Gasteiger partial charge in [-0.15, -0.1) is 0 Å². The summed E-state index contributed by atoms with van der Waals surface area (Å²) in [6.07, 6.45) is 2.42. The number of aryl methyl sites for hydroxylation is 1. The third-order valence-corrected chi connectivity index (χ3v) is 5.08. The summed E-state index contributed by atoms with van der Waals surface area (Å²) in [5, 5.41) is 13.1. The average molecular weight is 329 g/mol. The first kappa shape index (κ1) is 16.6. The van der Waals surface area contributed by atoms with Gasteiger partial charge in [-0.25, -0.2) is 0 Å². The van der Waals surface area contributed by atoms with Crippen molar-refractivity contribution >= 4 is 22.8 Å². The number of aliphatic carboxylic acids is 1. The van der Waals surface area contributed by atoms with Crippen LogP contribution in [0.15, 0.2) is 28.7 Å². The standard InChI is InChI=1S/C19H23NO4/c1-11-15-5-3-4-6-16(15)24-17(11)12(2)20-18(21)13-7-9-14(10-8-13)19(22)23/h3-6,12-14H,7-10H2,1-2H3,(H,20,21)(H,22,23)/t12-,13?,14?/m1/s1. The molecular formula is C19H23NO4. The van der Waals surface area contributed by atoms with E-state index in [-0.39, 0.29) is 23.8 Å². The van der Waals surface area contributed by atoms with Gasteiger partial charge in [-0.1, -0.05) is 18.2 Å². The molecule has 0 radical (unpaired) electrons. The molecule has 1 fully saturated rings. The van der Waals surface area contributed by atoms with E-state index in [1.54, 1.807) is 0 Å². The third kappa shape index (κ3) is 3.16. The van der Waals surface area contributed by atoms with Crippen molar-refractivity contribution in [2.24, 2.45) is 11.8 Å². The van der Waals surface area contributed by atoms with Crippen molar-refractivity contribution in [2.75, 3.05) is 0 Å². The first-order valence-corrected chi connectivity index (χ1v) is 8.48. The van der Waals surface area contributed by atoms with Gasteiger partial charge in [-0.2, -0.15) is 0 Å². The Morgan fingerprint density at radius 3 is 2.42 bits per heavy atom. The van der Waals surface area contributed by atoms with Crippen molar-refractivity contribution < 1.29 is 19.1 Å². The Morgan fingerprint density at radius 2 is 1.79 bits per heavy atom. The second-order valence-corrected chi connectivity index (χ2v) is 6.70. The fourth-order valence-electron chi connectivity index (χ4n) is 3.61. The van der Waals surface area contributed by atoms with Crippen LogP contribution in [0.1, 0.15) is 50.0 Å². The number of hydrogen-bond donors (Lipinski definition) is 2. The Labute approximate surface area is 141 Å². The van der Waals surface area contributed by atoms with E-state index in [4.69, 9.17) is 9.52 Å². The summed E-state index contributed by atoms with van der Waals surface area (Å²) in [6.45, 7) is 3.92. The van der Waals surface area contributed by atoms with Crippen molar-refractivity contribution in [3.05, 3.63) is 35.6 Å². The normalized spacial score (nSPS) is 22.2. The molecule has 0 spiro atoms. The van der Waals surface area contributed by atoms with Gasteiger partial charge in [-0.05, 0) is 45.6 Å². The molecule has 1 heterocycles. The van der Waals surface area contributed by atoms with Crippen LogP contribution in [0.2, 0.25) is 0 Å². The molecule has 5 nitrogen and oxygen atoms in total. The van der Waals surface area contributed by atoms with Gasteiger partial charge in [-0.3, -0.25) is 9.59 Å². The zero-order valence-corrected chi connectivity index (χ0v) is 14.0. The van der Waals surface area contributed by atoms with Crippen LogP contribution >= 0.6 is 0 Å². The Balaban J connectivity index is 1.66. The number of nitrogens with one attached hydrogen (secondary N) is 1. The van der Waals surface area contributed by atoms with Crippen LogP contribution in [0.4, 0.5) is 0 Å². The minimum atomic E-state index is -0.750.